The van der Waals surface area contributed by atoms with Crippen molar-refractivity contribution in [3.05, 3.63) is 29.0 Å². The van der Waals surface area contributed by atoms with Gasteiger partial charge in [0.15, 0.2) is 10.8 Å². The van der Waals surface area contributed by atoms with Crippen molar-refractivity contribution in [3.8, 4) is 10.8 Å². The maximum Gasteiger partial charge on any atom is 0.266 e. The maximum absolute atomic E-state index is 13.1. The summed E-state index contributed by atoms with van der Waals surface area (Å²) in [5, 5.41) is 0.699. The normalized spacial score (nSPS) is 23.8. The second kappa shape index (κ2) is 6.57. The van der Waals surface area contributed by atoms with Crippen molar-refractivity contribution in [2.24, 2.45) is 0 Å². The lowest BCUT2D eigenvalue weighted by atomic mass is 9.90. The number of aromatic nitrogens is 3. The fourth-order valence-electron chi connectivity index (χ4n) is 3.58. The zero-order valence-electron chi connectivity index (χ0n) is 13.6. The Morgan fingerprint density at radius 2 is 2.08 bits per heavy atom. The summed E-state index contributed by atoms with van der Waals surface area (Å²) in [6.45, 7) is 3.17. The van der Waals surface area contributed by atoms with Gasteiger partial charge in [-0.2, -0.15) is 0 Å². The smallest absolute Gasteiger partial charge is 0.266 e. The number of ether oxygens (including phenoxy) is 1. The van der Waals surface area contributed by atoms with Gasteiger partial charge in [0.2, 0.25) is 0 Å². The molecule has 2 unspecified atom stereocenters. The van der Waals surface area contributed by atoms with Gasteiger partial charge >= 0.3 is 0 Å². The van der Waals surface area contributed by atoms with E-state index in [9.17, 15) is 4.79 Å². The number of nitrogens with zero attached hydrogens (tertiary/aromatic N) is 4. The van der Waals surface area contributed by atoms with Crippen molar-refractivity contribution in [2.45, 2.75) is 44.8 Å². The van der Waals surface area contributed by atoms with E-state index in [0.717, 1.165) is 18.5 Å². The summed E-state index contributed by atoms with van der Waals surface area (Å²) >= 11 is 1.39. The fourth-order valence-corrected chi connectivity index (χ4v) is 4.55. The fraction of sp³-hybridized carbons (Fsp3) is 0.529. The molecule has 126 valence electrons. The molecule has 0 bridgehead atoms. The number of carbonyl (C=O) groups excluding carboxylic acids is 1. The molecule has 0 spiro atoms. The molecule has 2 aliphatic rings. The Bertz CT molecular complexity index is 731. The minimum atomic E-state index is 0.0763. The highest BCUT2D eigenvalue weighted by molar-refractivity contribution is 7.17. The molecule has 3 heterocycles. The summed E-state index contributed by atoms with van der Waals surface area (Å²) in [6.07, 6.45) is 8.02. The predicted octanol–water partition coefficient (Wildman–Crippen LogP) is 2.69. The highest BCUT2D eigenvalue weighted by atomic mass is 32.1. The molecule has 7 heteroatoms. The lowest BCUT2D eigenvalue weighted by Crippen LogP contribution is -2.54. The zero-order chi connectivity index (χ0) is 16.5. The lowest BCUT2D eigenvalue weighted by Gasteiger charge is -2.43. The first-order chi connectivity index (χ1) is 11.7. The van der Waals surface area contributed by atoms with Gasteiger partial charge < -0.3 is 9.64 Å². The summed E-state index contributed by atoms with van der Waals surface area (Å²) in [7, 11) is 0. The van der Waals surface area contributed by atoms with E-state index < -0.39 is 0 Å². The SMILES string of the molecule is Cc1nc(-c2ncccn2)sc1C(=O)N1CCOC2CCCCC21. The second-order valence-corrected chi connectivity index (χ2v) is 7.26. The number of aryl methyl sites for hydroxylation is 1. The van der Waals surface area contributed by atoms with E-state index in [4.69, 9.17) is 4.74 Å². The molecule has 0 aromatic carbocycles. The molecule has 4 rings (SSSR count). The van der Waals surface area contributed by atoms with Gasteiger partial charge in [-0.15, -0.1) is 11.3 Å². The first kappa shape index (κ1) is 15.7. The molecule has 1 amide bonds. The van der Waals surface area contributed by atoms with Crippen LogP contribution in [0.5, 0.6) is 0 Å². The number of thiazole rings is 1. The highest BCUT2D eigenvalue weighted by Gasteiger charge is 2.38. The number of fused-ring (bicyclic) bond motifs is 1. The van der Waals surface area contributed by atoms with Crippen LogP contribution in [-0.2, 0) is 4.74 Å². The number of rotatable bonds is 2. The van der Waals surface area contributed by atoms with E-state index in [2.05, 4.69) is 15.0 Å². The predicted molar refractivity (Wildman–Crippen MR) is 90.9 cm³/mol. The standard InChI is InChI=1S/C17H20N4O2S/c1-11-14(24-16(20-11)15-18-7-4-8-19-15)17(22)21-9-10-23-13-6-3-2-5-12(13)21/h4,7-8,12-13H,2-3,5-6,9-10H2,1H3. The minimum absolute atomic E-state index is 0.0763. The van der Waals surface area contributed by atoms with Crippen molar-refractivity contribution < 1.29 is 9.53 Å². The van der Waals surface area contributed by atoms with E-state index in [-0.39, 0.29) is 18.1 Å². The average molecular weight is 344 g/mol. The summed E-state index contributed by atoms with van der Waals surface area (Å²) in [4.78, 5) is 28.8. The number of amides is 1. The Hall–Kier alpha value is -1.86. The van der Waals surface area contributed by atoms with Crippen molar-refractivity contribution in [2.75, 3.05) is 13.2 Å². The van der Waals surface area contributed by atoms with Gasteiger partial charge in [-0.3, -0.25) is 4.79 Å². The van der Waals surface area contributed by atoms with Crippen LogP contribution in [0.15, 0.2) is 18.5 Å². The number of hydrogen-bond donors (Lipinski definition) is 0. The van der Waals surface area contributed by atoms with Gasteiger partial charge in [0.25, 0.3) is 5.91 Å². The summed E-state index contributed by atoms with van der Waals surface area (Å²) in [5.74, 6) is 0.648. The van der Waals surface area contributed by atoms with E-state index >= 15 is 0 Å². The van der Waals surface area contributed by atoms with Gasteiger partial charge in [0.1, 0.15) is 4.88 Å². The minimum Gasteiger partial charge on any atom is -0.374 e. The monoisotopic (exact) mass is 344 g/mol. The number of morpholine rings is 1. The van der Waals surface area contributed by atoms with Crippen LogP contribution in [0, 0.1) is 6.92 Å². The molecule has 2 fully saturated rings. The Kier molecular flexibility index (Phi) is 4.28. The van der Waals surface area contributed by atoms with Crippen LogP contribution in [0.3, 0.4) is 0 Å². The van der Waals surface area contributed by atoms with Crippen LogP contribution in [0.1, 0.15) is 41.0 Å². The molecule has 1 aliphatic heterocycles. The zero-order valence-corrected chi connectivity index (χ0v) is 14.5. The third-order valence-corrected chi connectivity index (χ3v) is 5.88. The summed E-state index contributed by atoms with van der Waals surface area (Å²) in [5.41, 5.74) is 0.756. The second-order valence-electron chi connectivity index (χ2n) is 6.27. The van der Waals surface area contributed by atoms with Gasteiger partial charge in [0.05, 0.1) is 24.4 Å². The molecule has 1 aliphatic carbocycles. The first-order valence-electron chi connectivity index (χ1n) is 8.41. The molecular formula is C17H20N4O2S. The Labute approximate surface area is 144 Å². The van der Waals surface area contributed by atoms with Crippen molar-refractivity contribution >= 4 is 17.2 Å². The van der Waals surface area contributed by atoms with Crippen molar-refractivity contribution in [1.82, 2.24) is 19.9 Å². The molecule has 1 saturated heterocycles. The lowest BCUT2D eigenvalue weighted by molar-refractivity contribution is -0.0751. The van der Waals surface area contributed by atoms with Gasteiger partial charge in [-0.1, -0.05) is 12.8 Å². The molecule has 6 nitrogen and oxygen atoms in total. The van der Waals surface area contributed by atoms with E-state index in [1.807, 2.05) is 11.8 Å². The molecule has 2 aromatic rings. The third kappa shape index (κ3) is 2.82. The maximum atomic E-state index is 13.1. The van der Waals surface area contributed by atoms with Crippen LogP contribution < -0.4 is 0 Å². The Balaban J connectivity index is 1.61. The van der Waals surface area contributed by atoms with Crippen molar-refractivity contribution in [3.63, 3.8) is 0 Å². The van der Waals surface area contributed by atoms with E-state index in [1.54, 1.807) is 18.5 Å². The number of carbonyl (C=O) groups is 1. The first-order valence-corrected chi connectivity index (χ1v) is 9.23. The van der Waals surface area contributed by atoms with Crippen LogP contribution in [0.2, 0.25) is 0 Å². The van der Waals surface area contributed by atoms with Crippen LogP contribution in [-0.4, -0.2) is 51.1 Å². The van der Waals surface area contributed by atoms with Crippen LogP contribution in [0.4, 0.5) is 0 Å². The molecule has 2 aromatic heterocycles. The summed E-state index contributed by atoms with van der Waals surface area (Å²) < 4.78 is 5.88. The van der Waals surface area contributed by atoms with Crippen molar-refractivity contribution in [1.29, 1.82) is 0 Å². The summed E-state index contributed by atoms with van der Waals surface area (Å²) in [6, 6.07) is 1.98. The molecular weight excluding hydrogens is 324 g/mol. The third-order valence-electron chi connectivity index (χ3n) is 4.74. The largest absolute Gasteiger partial charge is 0.374 e. The van der Waals surface area contributed by atoms with Gasteiger partial charge in [-0.25, -0.2) is 15.0 Å². The molecule has 0 radical (unpaired) electrons. The topological polar surface area (TPSA) is 68.2 Å². The molecule has 24 heavy (non-hydrogen) atoms. The van der Waals surface area contributed by atoms with Gasteiger partial charge in [0, 0.05) is 18.9 Å². The molecule has 0 N–H and O–H groups in total. The van der Waals surface area contributed by atoms with Crippen LogP contribution >= 0.6 is 11.3 Å². The Morgan fingerprint density at radius 3 is 2.92 bits per heavy atom. The number of hydrogen-bond acceptors (Lipinski definition) is 6. The highest BCUT2D eigenvalue weighted by Crippen LogP contribution is 2.32. The van der Waals surface area contributed by atoms with Crippen LogP contribution in [0.25, 0.3) is 10.8 Å². The quantitative estimate of drug-likeness (QED) is 0.838. The molecule has 1 saturated carbocycles. The average Bonchev–Trinajstić information content (AvgIpc) is 3.03. The van der Waals surface area contributed by atoms with Gasteiger partial charge in [-0.05, 0) is 25.8 Å². The van der Waals surface area contributed by atoms with E-state index in [0.29, 0.717) is 28.9 Å². The molecule has 2 atom stereocenters. The van der Waals surface area contributed by atoms with E-state index in [1.165, 1.54) is 24.2 Å². The Morgan fingerprint density at radius 1 is 1.29 bits per heavy atom.